The molecule has 1 aromatic carbocycles. The second kappa shape index (κ2) is 5.14. The summed E-state index contributed by atoms with van der Waals surface area (Å²) in [6.45, 7) is 8.23. The summed E-state index contributed by atoms with van der Waals surface area (Å²) in [5.74, 6) is 0. The van der Waals surface area contributed by atoms with Crippen LogP contribution in [0.5, 0.6) is 0 Å². The Hall–Kier alpha value is -0.940. The molecule has 1 aromatic heterocycles. The number of aromatic nitrogens is 3. The van der Waals surface area contributed by atoms with E-state index in [9.17, 15) is 0 Å². The SMILES string of the molecule is C=CC(C)(CC)SSn1nnc2ccccc21. The molecule has 0 saturated heterocycles. The Morgan fingerprint density at radius 3 is 2.94 bits per heavy atom. The van der Waals surface area contributed by atoms with Crippen molar-refractivity contribution in [2.24, 2.45) is 0 Å². The summed E-state index contributed by atoms with van der Waals surface area (Å²) in [5, 5.41) is 8.27. The van der Waals surface area contributed by atoms with Gasteiger partial charge in [-0.25, -0.2) is 0 Å². The second-order valence-electron chi connectivity index (χ2n) is 3.98. The van der Waals surface area contributed by atoms with E-state index in [1.165, 1.54) is 0 Å². The average Bonchev–Trinajstić information content (AvgIpc) is 2.79. The van der Waals surface area contributed by atoms with Gasteiger partial charge in [0.05, 0.1) is 0 Å². The molecule has 0 aliphatic rings. The molecular weight excluding hydrogens is 250 g/mol. The number of rotatable bonds is 5. The highest BCUT2D eigenvalue weighted by Crippen LogP contribution is 2.40. The first-order valence-corrected chi connectivity index (χ1v) is 7.59. The molecule has 3 nitrogen and oxygen atoms in total. The molecule has 90 valence electrons. The van der Waals surface area contributed by atoms with E-state index in [0.717, 1.165) is 17.5 Å². The van der Waals surface area contributed by atoms with Crippen LogP contribution < -0.4 is 0 Å². The van der Waals surface area contributed by atoms with Gasteiger partial charge in [0.1, 0.15) is 11.0 Å². The summed E-state index contributed by atoms with van der Waals surface area (Å²) in [6, 6.07) is 7.97. The first kappa shape index (κ1) is 12.5. The van der Waals surface area contributed by atoms with E-state index in [-0.39, 0.29) is 4.75 Å². The van der Waals surface area contributed by atoms with Gasteiger partial charge in [-0.15, -0.1) is 11.7 Å². The van der Waals surface area contributed by atoms with Crippen LogP contribution in [0.1, 0.15) is 20.3 Å². The third-order valence-electron chi connectivity index (χ3n) is 2.75. The number of hydrogen-bond acceptors (Lipinski definition) is 4. The quantitative estimate of drug-likeness (QED) is 0.605. The largest absolute Gasteiger partial charge is 0.175 e. The van der Waals surface area contributed by atoms with Crippen LogP contribution in [-0.4, -0.2) is 19.1 Å². The van der Waals surface area contributed by atoms with Gasteiger partial charge in [-0.2, -0.15) is 4.09 Å². The molecule has 0 aliphatic carbocycles. The maximum Gasteiger partial charge on any atom is 0.114 e. The van der Waals surface area contributed by atoms with Crippen molar-refractivity contribution in [2.75, 3.05) is 0 Å². The smallest absolute Gasteiger partial charge is 0.114 e. The molecule has 0 amide bonds. The van der Waals surface area contributed by atoms with Crippen molar-refractivity contribution >= 4 is 32.8 Å². The van der Waals surface area contributed by atoms with Gasteiger partial charge in [-0.1, -0.05) is 41.1 Å². The van der Waals surface area contributed by atoms with Gasteiger partial charge in [-0.3, -0.25) is 0 Å². The van der Waals surface area contributed by atoms with Gasteiger partial charge in [0.25, 0.3) is 0 Å². The van der Waals surface area contributed by atoms with Crippen molar-refractivity contribution in [1.82, 2.24) is 14.4 Å². The van der Waals surface area contributed by atoms with E-state index in [2.05, 4.69) is 30.7 Å². The minimum absolute atomic E-state index is 0.0672. The molecule has 2 aromatic rings. The second-order valence-corrected chi connectivity index (χ2v) is 6.52. The Morgan fingerprint density at radius 2 is 2.24 bits per heavy atom. The van der Waals surface area contributed by atoms with Crippen molar-refractivity contribution in [3.8, 4) is 0 Å². The van der Waals surface area contributed by atoms with E-state index >= 15 is 0 Å². The van der Waals surface area contributed by atoms with Crippen molar-refractivity contribution < 1.29 is 0 Å². The fraction of sp³-hybridized carbons (Fsp3) is 0.333. The van der Waals surface area contributed by atoms with Gasteiger partial charge in [-0.05, 0) is 25.5 Å². The standard InChI is InChI=1S/C12H15N3S2/c1-4-12(3,5-2)16-17-15-11-9-7-6-8-10(11)13-14-15/h4,6-9H,1,5H2,2-3H3. The molecule has 0 N–H and O–H groups in total. The predicted octanol–water partition coefficient (Wildman–Crippen LogP) is 3.93. The van der Waals surface area contributed by atoms with Gasteiger partial charge >= 0.3 is 0 Å². The summed E-state index contributed by atoms with van der Waals surface area (Å²) in [7, 11) is 3.36. The summed E-state index contributed by atoms with van der Waals surface area (Å²) in [6.07, 6.45) is 3.03. The highest BCUT2D eigenvalue weighted by atomic mass is 33.1. The molecule has 1 unspecified atom stereocenters. The third-order valence-corrected chi connectivity index (χ3v) is 5.86. The monoisotopic (exact) mass is 265 g/mol. The maximum absolute atomic E-state index is 4.14. The van der Waals surface area contributed by atoms with Crippen LogP contribution in [0.15, 0.2) is 36.9 Å². The molecule has 2 rings (SSSR count). The van der Waals surface area contributed by atoms with Crippen LogP contribution in [0.3, 0.4) is 0 Å². The molecule has 0 bridgehead atoms. The zero-order valence-corrected chi connectivity index (χ0v) is 11.6. The Balaban J connectivity index is 2.17. The molecule has 0 saturated carbocycles. The third kappa shape index (κ3) is 2.66. The van der Waals surface area contributed by atoms with Crippen LogP contribution in [0.2, 0.25) is 0 Å². The van der Waals surface area contributed by atoms with Crippen LogP contribution in [0, 0.1) is 0 Å². The predicted molar refractivity (Wildman–Crippen MR) is 77.0 cm³/mol. The summed E-state index contributed by atoms with van der Waals surface area (Å²) in [5.41, 5.74) is 1.98. The minimum Gasteiger partial charge on any atom is -0.175 e. The Bertz CT molecular complexity index is 523. The average molecular weight is 265 g/mol. The highest BCUT2D eigenvalue weighted by Gasteiger charge is 2.20. The first-order valence-electron chi connectivity index (χ1n) is 5.49. The highest BCUT2D eigenvalue weighted by molar-refractivity contribution is 8.76. The molecule has 0 spiro atoms. The Morgan fingerprint density at radius 1 is 1.47 bits per heavy atom. The van der Waals surface area contributed by atoms with Crippen LogP contribution >= 0.6 is 21.8 Å². The Kier molecular flexibility index (Phi) is 3.79. The lowest BCUT2D eigenvalue weighted by atomic mass is 10.1. The van der Waals surface area contributed by atoms with Gasteiger partial charge in [0.2, 0.25) is 0 Å². The number of benzene rings is 1. The van der Waals surface area contributed by atoms with Crippen molar-refractivity contribution in [1.29, 1.82) is 0 Å². The van der Waals surface area contributed by atoms with Crippen molar-refractivity contribution in [2.45, 2.75) is 25.0 Å². The van der Waals surface area contributed by atoms with Crippen LogP contribution in [0.4, 0.5) is 0 Å². The molecule has 17 heavy (non-hydrogen) atoms. The first-order chi connectivity index (χ1) is 8.18. The van der Waals surface area contributed by atoms with Crippen LogP contribution in [-0.2, 0) is 0 Å². The van der Waals surface area contributed by atoms with Gasteiger partial charge < -0.3 is 0 Å². The van der Waals surface area contributed by atoms with E-state index in [1.807, 2.05) is 34.4 Å². The zero-order chi connectivity index (χ0) is 12.3. The zero-order valence-electron chi connectivity index (χ0n) is 9.96. The van der Waals surface area contributed by atoms with Crippen LogP contribution in [0.25, 0.3) is 11.0 Å². The number of fused-ring (bicyclic) bond motifs is 1. The summed E-state index contributed by atoms with van der Waals surface area (Å²) < 4.78 is 1.93. The van der Waals surface area contributed by atoms with E-state index in [1.54, 1.807) is 21.8 Å². The van der Waals surface area contributed by atoms with Gasteiger partial charge in [0, 0.05) is 15.7 Å². The lowest BCUT2D eigenvalue weighted by molar-refractivity contribution is 0.762. The molecule has 0 aliphatic heterocycles. The number of para-hydroxylation sites is 1. The molecule has 1 atom stereocenters. The molecule has 0 radical (unpaired) electrons. The number of hydrogen-bond donors (Lipinski definition) is 0. The maximum atomic E-state index is 4.14. The molecule has 0 fully saturated rings. The topological polar surface area (TPSA) is 30.7 Å². The summed E-state index contributed by atoms with van der Waals surface area (Å²) >= 11 is 0. The number of nitrogens with zero attached hydrogens (tertiary/aromatic N) is 3. The van der Waals surface area contributed by atoms with Crippen molar-refractivity contribution in [3.63, 3.8) is 0 Å². The van der Waals surface area contributed by atoms with E-state index in [4.69, 9.17) is 0 Å². The fourth-order valence-corrected chi connectivity index (χ4v) is 3.60. The minimum atomic E-state index is 0.0672. The molecular formula is C12H15N3S2. The summed E-state index contributed by atoms with van der Waals surface area (Å²) in [4.78, 5) is 0. The van der Waals surface area contributed by atoms with Crippen molar-refractivity contribution in [3.05, 3.63) is 36.9 Å². The molecule has 5 heteroatoms. The lowest BCUT2D eigenvalue weighted by Crippen LogP contribution is -2.13. The Labute approximate surface area is 109 Å². The normalized spacial score (nSPS) is 14.7. The molecule has 1 heterocycles. The fourth-order valence-electron chi connectivity index (χ4n) is 1.26. The van der Waals surface area contributed by atoms with E-state index < -0.39 is 0 Å². The van der Waals surface area contributed by atoms with Gasteiger partial charge in [0.15, 0.2) is 0 Å². The van der Waals surface area contributed by atoms with E-state index in [0.29, 0.717) is 0 Å². The lowest BCUT2D eigenvalue weighted by Gasteiger charge is -2.21.